The van der Waals surface area contributed by atoms with Gasteiger partial charge in [0, 0.05) is 18.4 Å². The van der Waals surface area contributed by atoms with E-state index in [0.29, 0.717) is 12.2 Å². The van der Waals surface area contributed by atoms with Crippen molar-refractivity contribution in [3.05, 3.63) is 23.4 Å². The molecule has 0 aliphatic heterocycles. The molecule has 1 aromatic heterocycles. The van der Waals surface area contributed by atoms with Gasteiger partial charge in [-0.2, -0.15) is 0 Å². The number of nitrogen functional groups attached to an aromatic ring is 1. The van der Waals surface area contributed by atoms with E-state index < -0.39 is 13.0 Å². The van der Waals surface area contributed by atoms with Crippen LogP contribution in [0.1, 0.15) is 23.6 Å². The number of hydrogen-bond acceptors (Lipinski definition) is 5. The molecule has 5 N–H and O–H groups in total. The van der Waals surface area contributed by atoms with E-state index in [2.05, 4.69) is 10.4 Å². The molecule has 0 saturated carbocycles. The fourth-order valence-electron chi connectivity index (χ4n) is 1.58. The highest BCUT2D eigenvalue weighted by Crippen LogP contribution is 2.21. The zero-order chi connectivity index (χ0) is 13.5. The number of ether oxygens (including phenoxy) is 1. The summed E-state index contributed by atoms with van der Waals surface area (Å²) in [6.45, 7) is 1.49. The molecule has 0 amide bonds. The Morgan fingerprint density at radius 2 is 2.22 bits per heavy atom. The molecule has 0 fully saturated rings. The van der Waals surface area contributed by atoms with Gasteiger partial charge in [-0.25, -0.2) is 13.8 Å². The van der Waals surface area contributed by atoms with Crippen LogP contribution in [0.25, 0.3) is 0 Å². The quantitative estimate of drug-likeness (QED) is 0.389. The maximum Gasteiger partial charge on any atom is 0.261 e. The fraction of sp³-hybridized carbons (Fsp3) is 0.545. The Balaban J connectivity index is 2.57. The number of pyridine rings is 1. The van der Waals surface area contributed by atoms with Crippen molar-refractivity contribution in [2.75, 3.05) is 18.9 Å². The van der Waals surface area contributed by atoms with Gasteiger partial charge in [0.1, 0.15) is 12.4 Å². The van der Waals surface area contributed by atoms with Crippen LogP contribution in [0.2, 0.25) is 0 Å². The maximum absolute atomic E-state index is 11.9. The monoisotopic (exact) mass is 260 g/mol. The molecule has 18 heavy (non-hydrogen) atoms. The molecule has 1 heterocycles. The number of nitrogens with zero attached hydrogens (tertiary/aromatic N) is 1. The van der Waals surface area contributed by atoms with Crippen molar-refractivity contribution in [2.24, 2.45) is 5.84 Å². The molecule has 0 saturated heterocycles. The van der Waals surface area contributed by atoms with Crippen molar-refractivity contribution >= 4 is 5.82 Å². The van der Waals surface area contributed by atoms with Gasteiger partial charge < -0.3 is 10.5 Å². The second-order valence-electron chi connectivity index (χ2n) is 3.96. The lowest BCUT2D eigenvalue weighted by molar-refractivity contribution is 0.0144. The molecule has 1 rings (SSSR count). The summed E-state index contributed by atoms with van der Waals surface area (Å²) in [7, 11) is 0. The van der Waals surface area contributed by atoms with Gasteiger partial charge in [-0.3, -0.25) is 11.3 Å². The summed E-state index contributed by atoms with van der Waals surface area (Å²) in [6, 6.07) is 1.59. The van der Waals surface area contributed by atoms with Crippen molar-refractivity contribution in [2.45, 2.75) is 25.8 Å². The average Bonchev–Trinajstić information content (AvgIpc) is 2.33. The van der Waals surface area contributed by atoms with Gasteiger partial charge in [0.2, 0.25) is 0 Å². The lowest BCUT2D eigenvalue weighted by Crippen LogP contribution is -2.30. The molecule has 0 radical (unpaired) electrons. The Morgan fingerprint density at radius 1 is 1.50 bits per heavy atom. The first-order valence-corrected chi connectivity index (χ1v) is 5.58. The van der Waals surface area contributed by atoms with E-state index in [-0.39, 0.29) is 12.6 Å². The minimum absolute atomic E-state index is 0.173. The molecule has 0 aromatic carbocycles. The van der Waals surface area contributed by atoms with E-state index >= 15 is 0 Å². The van der Waals surface area contributed by atoms with Crippen LogP contribution in [0.15, 0.2) is 12.3 Å². The van der Waals surface area contributed by atoms with E-state index in [4.69, 9.17) is 16.3 Å². The Bertz CT molecular complexity index is 376. The Hall–Kier alpha value is -1.31. The minimum Gasteiger partial charge on any atom is -0.383 e. The number of nitrogens with one attached hydrogen (secondary N) is 1. The number of hydrogen-bond donors (Lipinski definition) is 3. The van der Waals surface area contributed by atoms with E-state index in [9.17, 15) is 8.78 Å². The SMILES string of the molecule is Cc1cnc(N)c(C(CCOCC(F)F)NN)c1. The van der Waals surface area contributed by atoms with E-state index in [1.54, 1.807) is 6.20 Å². The van der Waals surface area contributed by atoms with Crippen LogP contribution in [0.4, 0.5) is 14.6 Å². The van der Waals surface area contributed by atoms with Crippen molar-refractivity contribution in [1.82, 2.24) is 10.4 Å². The van der Waals surface area contributed by atoms with Gasteiger partial charge in [0.15, 0.2) is 0 Å². The molecule has 7 heteroatoms. The Labute approximate surface area is 104 Å². The minimum atomic E-state index is -2.46. The highest BCUT2D eigenvalue weighted by Gasteiger charge is 2.14. The van der Waals surface area contributed by atoms with Gasteiger partial charge in [-0.15, -0.1) is 0 Å². The molecular weight excluding hydrogens is 242 g/mol. The Morgan fingerprint density at radius 3 is 2.83 bits per heavy atom. The van der Waals surface area contributed by atoms with Gasteiger partial charge >= 0.3 is 0 Å². The number of aromatic nitrogens is 1. The second-order valence-corrected chi connectivity index (χ2v) is 3.96. The first kappa shape index (κ1) is 14.7. The van der Waals surface area contributed by atoms with Gasteiger partial charge in [-0.1, -0.05) is 0 Å². The van der Waals surface area contributed by atoms with Crippen LogP contribution in [0, 0.1) is 6.92 Å². The smallest absolute Gasteiger partial charge is 0.261 e. The number of alkyl halides is 2. The van der Waals surface area contributed by atoms with E-state index in [0.717, 1.165) is 11.1 Å². The summed E-state index contributed by atoms with van der Waals surface area (Å²) >= 11 is 0. The lowest BCUT2D eigenvalue weighted by Gasteiger charge is -2.18. The molecule has 0 bridgehead atoms. The predicted octanol–water partition coefficient (Wildman–Crippen LogP) is 1.15. The first-order chi connectivity index (χ1) is 8.54. The number of halogens is 2. The maximum atomic E-state index is 11.9. The lowest BCUT2D eigenvalue weighted by atomic mass is 10.0. The van der Waals surface area contributed by atoms with Crippen LogP contribution < -0.4 is 17.0 Å². The summed E-state index contributed by atoms with van der Waals surface area (Å²) < 4.78 is 28.6. The molecule has 102 valence electrons. The third-order valence-corrected chi connectivity index (χ3v) is 2.46. The number of anilines is 1. The van der Waals surface area contributed by atoms with Crippen LogP contribution in [-0.4, -0.2) is 24.6 Å². The summed E-state index contributed by atoms with van der Waals surface area (Å²) in [6.07, 6.45) is -0.363. The standard InChI is InChI=1S/C11H18F2N4O/c1-7-4-8(11(14)16-5-7)9(17-15)2-3-18-6-10(12)13/h4-5,9-10,17H,2-3,6,15H2,1H3,(H2,14,16). The summed E-state index contributed by atoms with van der Waals surface area (Å²) in [5.74, 6) is 5.80. The van der Waals surface area contributed by atoms with Crippen LogP contribution in [0.3, 0.4) is 0 Å². The summed E-state index contributed by atoms with van der Waals surface area (Å²) in [5.41, 5.74) is 10.0. The zero-order valence-electron chi connectivity index (χ0n) is 10.2. The summed E-state index contributed by atoms with van der Waals surface area (Å²) in [5, 5.41) is 0. The number of hydrazine groups is 1. The van der Waals surface area contributed by atoms with E-state index in [1.165, 1.54) is 0 Å². The number of aryl methyl sites for hydroxylation is 1. The van der Waals surface area contributed by atoms with Crippen LogP contribution >= 0.6 is 0 Å². The molecule has 0 spiro atoms. The molecule has 1 atom stereocenters. The largest absolute Gasteiger partial charge is 0.383 e. The normalized spacial score (nSPS) is 12.9. The molecule has 5 nitrogen and oxygen atoms in total. The molecule has 0 aliphatic carbocycles. The van der Waals surface area contributed by atoms with Gasteiger partial charge in [0.25, 0.3) is 6.43 Å². The Kier molecular flexibility index (Phi) is 5.90. The van der Waals surface area contributed by atoms with Gasteiger partial charge in [-0.05, 0) is 25.0 Å². The zero-order valence-corrected chi connectivity index (χ0v) is 10.2. The molecular formula is C11H18F2N4O. The molecule has 1 unspecified atom stereocenters. The third kappa shape index (κ3) is 4.52. The average molecular weight is 260 g/mol. The number of rotatable bonds is 7. The topological polar surface area (TPSA) is 86.2 Å². The second kappa shape index (κ2) is 7.20. The van der Waals surface area contributed by atoms with Crippen LogP contribution in [-0.2, 0) is 4.74 Å². The van der Waals surface area contributed by atoms with Crippen molar-refractivity contribution in [1.29, 1.82) is 0 Å². The van der Waals surface area contributed by atoms with E-state index in [1.807, 2.05) is 13.0 Å². The van der Waals surface area contributed by atoms with Crippen molar-refractivity contribution < 1.29 is 13.5 Å². The van der Waals surface area contributed by atoms with Crippen molar-refractivity contribution in [3.8, 4) is 0 Å². The molecule has 0 aliphatic rings. The number of nitrogens with two attached hydrogens (primary N) is 2. The molecule has 1 aromatic rings. The van der Waals surface area contributed by atoms with Crippen LogP contribution in [0.5, 0.6) is 0 Å². The predicted molar refractivity (Wildman–Crippen MR) is 64.9 cm³/mol. The fourth-order valence-corrected chi connectivity index (χ4v) is 1.58. The highest BCUT2D eigenvalue weighted by atomic mass is 19.3. The highest BCUT2D eigenvalue weighted by molar-refractivity contribution is 5.42. The van der Waals surface area contributed by atoms with Crippen molar-refractivity contribution in [3.63, 3.8) is 0 Å². The van der Waals surface area contributed by atoms with Gasteiger partial charge in [0.05, 0.1) is 6.04 Å². The summed E-state index contributed by atoms with van der Waals surface area (Å²) in [4.78, 5) is 4.03. The first-order valence-electron chi connectivity index (χ1n) is 5.58. The third-order valence-electron chi connectivity index (χ3n) is 2.46.